The Hall–Kier alpha value is -3.06. The zero-order chi connectivity index (χ0) is 22.6. The molecule has 1 aliphatic rings. The lowest BCUT2D eigenvalue weighted by Crippen LogP contribution is -2.29. The number of nitrogens with zero attached hydrogens (tertiary/aromatic N) is 3. The first-order valence-electron chi connectivity index (χ1n) is 11.1. The van der Waals surface area contributed by atoms with Crippen LogP contribution in [0, 0.1) is 0 Å². The second-order valence-corrected chi connectivity index (χ2v) is 8.73. The number of aliphatic hydroxyl groups excluding tert-OH is 1. The molecule has 0 bridgehead atoms. The van der Waals surface area contributed by atoms with E-state index in [0.29, 0.717) is 30.5 Å². The lowest BCUT2D eigenvalue weighted by atomic mass is 10.2. The third-order valence-electron chi connectivity index (χ3n) is 5.85. The molecule has 7 heteroatoms. The number of hydrogen-bond acceptors (Lipinski definition) is 5. The molecule has 2 atom stereocenters. The van der Waals surface area contributed by atoms with Gasteiger partial charge in [-0.05, 0) is 48.0 Å². The van der Waals surface area contributed by atoms with Crippen LogP contribution in [0.5, 0.6) is 11.5 Å². The molecular formula is C26H26ClN3O3. The summed E-state index contributed by atoms with van der Waals surface area (Å²) in [6.45, 7) is 3.28. The highest BCUT2D eigenvalue weighted by atomic mass is 35.5. The number of rotatable bonds is 8. The van der Waals surface area contributed by atoms with Gasteiger partial charge in [-0.25, -0.2) is 4.98 Å². The molecule has 0 radical (unpaired) electrons. The molecule has 0 unspecified atom stereocenters. The number of β-amino-alcohol motifs (C(OH)–C–C–N with tert-alkyl or cyclic N) is 1. The first-order valence-corrected chi connectivity index (χ1v) is 11.5. The van der Waals surface area contributed by atoms with Gasteiger partial charge in [0.15, 0.2) is 0 Å². The van der Waals surface area contributed by atoms with Crippen molar-refractivity contribution >= 4 is 22.6 Å². The highest BCUT2D eigenvalue weighted by molar-refractivity contribution is 6.30. The van der Waals surface area contributed by atoms with Crippen molar-refractivity contribution in [1.29, 1.82) is 0 Å². The zero-order valence-corrected chi connectivity index (χ0v) is 18.9. The molecule has 0 amide bonds. The van der Waals surface area contributed by atoms with Crippen LogP contribution in [0.4, 0.5) is 0 Å². The number of imidazole rings is 1. The van der Waals surface area contributed by atoms with Crippen LogP contribution >= 0.6 is 11.6 Å². The Morgan fingerprint density at radius 3 is 2.67 bits per heavy atom. The summed E-state index contributed by atoms with van der Waals surface area (Å²) in [6, 6.07) is 23.5. The van der Waals surface area contributed by atoms with E-state index in [9.17, 15) is 5.11 Å². The van der Waals surface area contributed by atoms with Crippen molar-refractivity contribution in [3.8, 4) is 11.5 Å². The molecular weight excluding hydrogens is 438 g/mol. The van der Waals surface area contributed by atoms with Crippen molar-refractivity contribution in [3.05, 3.63) is 89.7 Å². The zero-order valence-electron chi connectivity index (χ0n) is 18.2. The van der Waals surface area contributed by atoms with E-state index in [1.165, 1.54) is 5.56 Å². The molecule has 1 fully saturated rings. The summed E-state index contributed by atoms with van der Waals surface area (Å²) in [4.78, 5) is 6.61. The first-order chi connectivity index (χ1) is 16.1. The quantitative estimate of drug-likeness (QED) is 0.420. The Balaban J connectivity index is 1.11. The highest BCUT2D eigenvalue weighted by Gasteiger charge is 2.33. The summed E-state index contributed by atoms with van der Waals surface area (Å²) in [6.07, 6.45) is 1.04. The van der Waals surface area contributed by atoms with Gasteiger partial charge in [0.05, 0.1) is 23.9 Å². The predicted molar refractivity (Wildman–Crippen MR) is 129 cm³/mol. The standard InChI is InChI=1S/C26H26ClN3O3/c27-20-4-3-5-22(14-20)33-26-17-29(16-25(26)31)15-19-8-10-21(11-9-19)32-13-12-30-18-28-23-6-1-2-7-24(23)30/h1-11,14,18,25-26,31H,12-13,15-17H2/t25-,26-/m0/s1. The molecule has 2 heterocycles. The van der Waals surface area contributed by atoms with Gasteiger partial charge in [-0.2, -0.15) is 0 Å². The molecule has 1 N–H and O–H groups in total. The summed E-state index contributed by atoms with van der Waals surface area (Å²) in [5.74, 6) is 1.52. The van der Waals surface area contributed by atoms with E-state index < -0.39 is 6.10 Å². The SMILES string of the molecule is O[C@H]1CN(Cc2ccc(OCCn3cnc4ccccc43)cc2)C[C@@H]1Oc1cccc(Cl)c1. The van der Waals surface area contributed by atoms with Crippen LogP contribution in [0.1, 0.15) is 5.56 Å². The van der Waals surface area contributed by atoms with Crippen LogP contribution in [-0.2, 0) is 13.1 Å². The molecule has 4 aromatic rings. The van der Waals surface area contributed by atoms with E-state index >= 15 is 0 Å². The first kappa shape index (κ1) is 21.8. The minimum absolute atomic E-state index is 0.273. The van der Waals surface area contributed by atoms with Crippen molar-refractivity contribution < 1.29 is 14.6 Å². The van der Waals surface area contributed by atoms with Crippen molar-refractivity contribution in [2.75, 3.05) is 19.7 Å². The van der Waals surface area contributed by atoms with Gasteiger partial charge in [0.2, 0.25) is 0 Å². The van der Waals surface area contributed by atoms with Gasteiger partial charge in [0.1, 0.15) is 30.3 Å². The molecule has 3 aromatic carbocycles. The largest absolute Gasteiger partial charge is 0.492 e. The van der Waals surface area contributed by atoms with Crippen LogP contribution in [0.25, 0.3) is 11.0 Å². The van der Waals surface area contributed by atoms with E-state index in [-0.39, 0.29) is 6.10 Å². The molecule has 0 saturated carbocycles. The van der Waals surface area contributed by atoms with Crippen LogP contribution in [0.3, 0.4) is 0 Å². The maximum atomic E-state index is 10.4. The Bertz CT molecular complexity index is 1210. The average Bonchev–Trinajstić information content (AvgIpc) is 3.38. The van der Waals surface area contributed by atoms with Crippen LogP contribution < -0.4 is 9.47 Å². The maximum Gasteiger partial charge on any atom is 0.138 e. The summed E-state index contributed by atoms with van der Waals surface area (Å²) in [7, 11) is 0. The number of halogens is 1. The van der Waals surface area contributed by atoms with Gasteiger partial charge < -0.3 is 19.1 Å². The van der Waals surface area contributed by atoms with Gasteiger partial charge >= 0.3 is 0 Å². The van der Waals surface area contributed by atoms with E-state index in [0.717, 1.165) is 29.9 Å². The maximum absolute atomic E-state index is 10.4. The Morgan fingerprint density at radius 2 is 1.82 bits per heavy atom. The normalized spacial score (nSPS) is 18.6. The summed E-state index contributed by atoms with van der Waals surface area (Å²) >= 11 is 6.03. The van der Waals surface area contributed by atoms with Gasteiger partial charge in [-0.1, -0.05) is 41.9 Å². The number of benzene rings is 3. The number of aliphatic hydroxyl groups is 1. The molecule has 1 aliphatic heterocycles. The number of hydrogen-bond donors (Lipinski definition) is 1. The Morgan fingerprint density at radius 1 is 0.970 bits per heavy atom. The minimum Gasteiger partial charge on any atom is -0.492 e. The van der Waals surface area contributed by atoms with E-state index in [4.69, 9.17) is 21.1 Å². The molecule has 5 rings (SSSR count). The lowest BCUT2D eigenvalue weighted by Gasteiger charge is -2.17. The monoisotopic (exact) mass is 463 g/mol. The fourth-order valence-electron chi connectivity index (χ4n) is 4.19. The van der Waals surface area contributed by atoms with Gasteiger partial charge in [-0.15, -0.1) is 0 Å². The summed E-state index contributed by atoms with van der Waals surface area (Å²) in [5.41, 5.74) is 3.27. The minimum atomic E-state index is -0.536. The van der Waals surface area contributed by atoms with Gasteiger partial charge in [0, 0.05) is 24.7 Å². The number of ether oxygens (including phenoxy) is 2. The number of para-hydroxylation sites is 2. The average molecular weight is 464 g/mol. The number of aromatic nitrogens is 2. The van der Waals surface area contributed by atoms with Gasteiger partial charge in [0.25, 0.3) is 0 Å². The van der Waals surface area contributed by atoms with Crippen LogP contribution in [-0.4, -0.2) is 51.5 Å². The van der Waals surface area contributed by atoms with Crippen LogP contribution in [0.15, 0.2) is 79.1 Å². The molecule has 6 nitrogen and oxygen atoms in total. The number of fused-ring (bicyclic) bond motifs is 1. The molecule has 33 heavy (non-hydrogen) atoms. The predicted octanol–water partition coefficient (Wildman–Crippen LogP) is 4.39. The van der Waals surface area contributed by atoms with Crippen molar-refractivity contribution in [2.45, 2.75) is 25.3 Å². The van der Waals surface area contributed by atoms with Gasteiger partial charge in [-0.3, -0.25) is 4.90 Å². The molecule has 1 saturated heterocycles. The second-order valence-electron chi connectivity index (χ2n) is 8.29. The molecule has 0 aliphatic carbocycles. The lowest BCUT2D eigenvalue weighted by molar-refractivity contribution is 0.0737. The smallest absolute Gasteiger partial charge is 0.138 e. The fraction of sp³-hybridized carbons (Fsp3) is 0.269. The summed E-state index contributed by atoms with van der Waals surface area (Å²) < 4.78 is 14.0. The fourth-order valence-corrected chi connectivity index (χ4v) is 4.37. The van der Waals surface area contributed by atoms with E-state index in [1.807, 2.05) is 48.8 Å². The summed E-state index contributed by atoms with van der Waals surface area (Å²) in [5, 5.41) is 11.1. The van der Waals surface area contributed by atoms with Crippen molar-refractivity contribution in [1.82, 2.24) is 14.5 Å². The third kappa shape index (κ3) is 5.30. The Labute approximate surface area is 197 Å². The number of likely N-dealkylation sites (tertiary alicyclic amines) is 1. The van der Waals surface area contributed by atoms with Crippen molar-refractivity contribution in [2.24, 2.45) is 0 Å². The third-order valence-corrected chi connectivity index (χ3v) is 6.09. The Kier molecular flexibility index (Phi) is 6.48. The van der Waals surface area contributed by atoms with E-state index in [1.54, 1.807) is 12.1 Å². The highest BCUT2D eigenvalue weighted by Crippen LogP contribution is 2.23. The van der Waals surface area contributed by atoms with Crippen LogP contribution in [0.2, 0.25) is 5.02 Å². The topological polar surface area (TPSA) is 59.8 Å². The molecule has 1 aromatic heterocycles. The van der Waals surface area contributed by atoms with E-state index in [2.05, 4.69) is 32.7 Å². The van der Waals surface area contributed by atoms with Crippen molar-refractivity contribution in [3.63, 3.8) is 0 Å². The molecule has 0 spiro atoms. The molecule has 170 valence electrons. The second kappa shape index (κ2) is 9.83.